The molecule has 2 aromatic rings. The third-order valence-corrected chi connectivity index (χ3v) is 2.67. The standard InChI is InChI=1S/C12H11F2N5O/c1-17-12-8(11(16)18-4-19-12)9(15)5-2-6(13)10(20)7(14)3-5/h2-4,15,20H,1H3,(H3,16,17,18,19). The first kappa shape index (κ1) is 13.7. The molecule has 0 atom stereocenters. The number of phenolic OH excluding ortho intramolecular Hbond substituents is 1. The van der Waals surface area contributed by atoms with Crippen LogP contribution in [0.2, 0.25) is 0 Å². The number of nitrogen functional groups attached to an aromatic ring is 1. The first-order chi connectivity index (χ1) is 9.45. The molecule has 0 fully saturated rings. The van der Waals surface area contributed by atoms with Crippen LogP contribution in [0.4, 0.5) is 20.4 Å². The summed E-state index contributed by atoms with van der Waals surface area (Å²) in [6.45, 7) is 0. The van der Waals surface area contributed by atoms with E-state index in [1.54, 1.807) is 7.05 Å². The van der Waals surface area contributed by atoms with Crippen LogP contribution >= 0.6 is 0 Å². The Kier molecular flexibility index (Phi) is 3.47. The number of hydrogen-bond donors (Lipinski definition) is 4. The number of hydrogen-bond acceptors (Lipinski definition) is 6. The van der Waals surface area contributed by atoms with Crippen molar-refractivity contribution in [3.8, 4) is 5.75 Å². The fourth-order valence-corrected chi connectivity index (χ4v) is 1.69. The SMILES string of the molecule is CNc1ncnc(N)c1C(=N)c1cc(F)c(O)c(F)c1. The third kappa shape index (κ3) is 2.22. The maximum absolute atomic E-state index is 13.3. The lowest BCUT2D eigenvalue weighted by molar-refractivity contribution is 0.396. The Balaban J connectivity index is 2.58. The largest absolute Gasteiger partial charge is 0.503 e. The monoisotopic (exact) mass is 279 g/mol. The van der Waals surface area contributed by atoms with Crippen LogP contribution in [0.25, 0.3) is 0 Å². The topological polar surface area (TPSA) is 108 Å². The number of rotatable bonds is 3. The van der Waals surface area contributed by atoms with Gasteiger partial charge in [-0.3, -0.25) is 5.41 Å². The van der Waals surface area contributed by atoms with Gasteiger partial charge in [0.2, 0.25) is 0 Å². The summed E-state index contributed by atoms with van der Waals surface area (Å²) in [6, 6.07) is 1.68. The van der Waals surface area contributed by atoms with Gasteiger partial charge in [-0.2, -0.15) is 0 Å². The van der Waals surface area contributed by atoms with Crippen LogP contribution in [-0.4, -0.2) is 27.8 Å². The highest BCUT2D eigenvalue weighted by Gasteiger charge is 2.18. The minimum Gasteiger partial charge on any atom is -0.503 e. The molecule has 0 aliphatic carbocycles. The van der Waals surface area contributed by atoms with Gasteiger partial charge >= 0.3 is 0 Å². The van der Waals surface area contributed by atoms with E-state index in [4.69, 9.17) is 16.2 Å². The van der Waals surface area contributed by atoms with Gasteiger partial charge in [-0.05, 0) is 12.1 Å². The zero-order valence-electron chi connectivity index (χ0n) is 10.4. The summed E-state index contributed by atoms with van der Waals surface area (Å²) in [5.41, 5.74) is 5.45. The fraction of sp³-hybridized carbons (Fsp3) is 0.0833. The molecule has 0 radical (unpaired) electrons. The molecule has 104 valence electrons. The van der Waals surface area contributed by atoms with E-state index in [-0.39, 0.29) is 28.5 Å². The van der Waals surface area contributed by atoms with Crippen molar-refractivity contribution in [3.05, 3.63) is 41.2 Å². The van der Waals surface area contributed by atoms with Crippen molar-refractivity contribution >= 4 is 17.3 Å². The lowest BCUT2D eigenvalue weighted by Gasteiger charge is -2.11. The minimum absolute atomic E-state index is 0.00300. The molecular weight excluding hydrogens is 268 g/mol. The van der Waals surface area contributed by atoms with E-state index < -0.39 is 17.4 Å². The predicted molar refractivity (Wildman–Crippen MR) is 69.9 cm³/mol. The van der Waals surface area contributed by atoms with Gasteiger partial charge in [-0.15, -0.1) is 0 Å². The molecule has 2 rings (SSSR count). The van der Waals surface area contributed by atoms with Crippen LogP contribution in [0, 0.1) is 17.0 Å². The van der Waals surface area contributed by atoms with E-state index in [9.17, 15) is 8.78 Å². The average molecular weight is 279 g/mol. The fourth-order valence-electron chi connectivity index (χ4n) is 1.69. The van der Waals surface area contributed by atoms with Gasteiger partial charge in [-0.1, -0.05) is 0 Å². The zero-order chi connectivity index (χ0) is 14.9. The van der Waals surface area contributed by atoms with Crippen molar-refractivity contribution in [1.29, 1.82) is 5.41 Å². The number of phenols is 1. The van der Waals surface area contributed by atoms with Crippen LogP contribution < -0.4 is 11.1 Å². The van der Waals surface area contributed by atoms with E-state index in [1.807, 2.05) is 0 Å². The molecule has 0 spiro atoms. The molecule has 5 N–H and O–H groups in total. The number of anilines is 2. The smallest absolute Gasteiger partial charge is 0.187 e. The van der Waals surface area contributed by atoms with E-state index in [0.29, 0.717) is 0 Å². The Morgan fingerprint density at radius 1 is 1.30 bits per heavy atom. The van der Waals surface area contributed by atoms with Crippen molar-refractivity contribution in [3.63, 3.8) is 0 Å². The van der Waals surface area contributed by atoms with Crippen molar-refractivity contribution in [1.82, 2.24) is 9.97 Å². The molecule has 0 saturated carbocycles. The first-order valence-electron chi connectivity index (χ1n) is 5.51. The Hall–Kier alpha value is -2.77. The number of nitrogens with two attached hydrogens (primary N) is 1. The minimum atomic E-state index is -1.16. The molecule has 0 aliphatic heterocycles. The van der Waals surface area contributed by atoms with Gasteiger partial charge in [0.1, 0.15) is 18.0 Å². The summed E-state index contributed by atoms with van der Waals surface area (Å²) in [5, 5.41) is 19.8. The Labute approximate surface area is 112 Å². The summed E-state index contributed by atoms with van der Waals surface area (Å²) < 4.78 is 26.7. The first-order valence-corrected chi connectivity index (χ1v) is 5.51. The van der Waals surface area contributed by atoms with Gasteiger partial charge in [-0.25, -0.2) is 18.7 Å². The van der Waals surface area contributed by atoms with Gasteiger partial charge in [0.25, 0.3) is 0 Å². The highest BCUT2D eigenvalue weighted by atomic mass is 19.1. The van der Waals surface area contributed by atoms with E-state index in [2.05, 4.69) is 15.3 Å². The number of aromatic hydroxyl groups is 1. The Bertz CT molecular complexity index is 667. The second kappa shape index (κ2) is 5.08. The van der Waals surface area contributed by atoms with Crippen molar-refractivity contribution in [2.24, 2.45) is 0 Å². The molecule has 20 heavy (non-hydrogen) atoms. The van der Waals surface area contributed by atoms with E-state index in [1.165, 1.54) is 6.33 Å². The predicted octanol–water partition coefficient (Wildman–Crippen LogP) is 1.50. The van der Waals surface area contributed by atoms with Crippen LogP contribution in [0.1, 0.15) is 11.1 Å². The third-order valence-electron chi connectivity index (χ3n) is 2.67. The number of nitrogens with one attached hydrogen (secondary N) is 2. The molecule has 0 saturated heterocycles. The molecule has 6 nitrogen and oxygen atoms in total. The van der Waals surface area contributed by atoms with Crippen LogP contribution in [0.15, 0.2) is 18.5 Å². The molecule has 8 heteroatoms. The lowest BCUT2D eigenvalue weighted by atomic mass is 10.0. The number of halogens is 2. The van der Waals surface area contributed by atoms with Crippen LogP contribution in [0.3, 0.4) is 0 Å². The number of aromatic nitrogens is 2. The maximum atomic E-state index is 13.3. The number of nitrogens with zero attached hydrogens (tertiary/aromatic N) is 2. The van der Waals surface area contributed by atoms with Crippen molar-refractivity contribution in [2.75, 3.05) is 18.1 Å². The summed E-state index contributed by atoms with van der Waals surface area (Å²) in [4.78, 5) is 7.63. The molecule has 0 amide bonds. The molecule has 0 unspecified atom stereocenters. The zero-order valence-corrected chi connectivity index (χ0v) is 10.4. The van der Waals surface area contributed by atoms with Gasteiger partial charge in [0.05, 0.1) is 11.3 Å². The average Bonchev–Trinajstić information content (AvgIpc) is 2.43. The Morgan fingerprint density at radius 2 is 1.90 bits per heavy atom. The maximum Gasteiger partial charge on any atom is 0.187 e. The van der Waals surface area contributed by atoms with Crippen LogP contribution in [-0.2, 0) is 0 Å². The van der Waals surface area contributed by atoms with Gasteiger partial charge < -0.3 is 16.2 Å². The second-order valence-electron chi connectivity index (χ2n) is 3.90. The van der Waals surface area contributed by atoms with Crippen LogP contribution in [0.5, 0.6) is 5.75 Å². The molecule has 1 aromatic heterocycles. The quantitative estimate of drug-likeness (QED) is 0.637. The second-order valence-corrected chi connectivity index (χ2v) is 3.90. The molecular formula is C12H11F2N5O. The normalized spacial score (nSPS) is 10.3. The summed E-state index contributed by atoms with van der Waals surface area (Å²) in [7, 11) is 1.57. The van der Waals surface area contributed by atoms with Gasteiger partial charge in [0.15, 0.2) is 17.4 Å². The highest BCUT2D eigenvalue weighted by molar-refractivity contribution is 6.16. The molecule has 0 bridgehead atoms. The Morgan fingerprint density at radius 3 is 2.45 bits per heavy atom. The summed E-state index contributed by atoms with van der Waals surface area (Å²) in [5.74, 6) is -3.15. The van der Waals surface area contributed by atoms with Crippen molar-refractivity contribution < 1.29 is 13.9 Å². The number of benzene rings is 1. The summed E-state index contributed by atoms with van der Waals surface area (Å²) >= 11 is 0. The molecule has 1 aromatic carbocycles. The van der Waals surface area contributed by atoms with Crippen molar-refractivity contribution in [2.45, 2.75) is 0 Å². The highest BCUT2D eigenvalue weighted by Crippen LogP contribution is 2.26. The summed E-state index contributed by atoms with van der Waals surface area (Å²) in [6.07, 6.45) is 1.20. The van der Waals surface area contributed by atoms with E-state index in [0.717, 1.165) is 12.1 Å². The molecule has 0 aliphatic rings. The molecule has 1 heterocycles. The van der Waals surface area contributed by atoms with Gasteiger partial charge in [0, 0.05) is 12.6 Å². The van der Waals surface area contributed by atoms with E-state index >= 15 is 0 Å². The lowest BCUT2D eigenvalue weighted by Crippen LogP contribution is -2.12.